The SMILES string of the molecule is C[C@@H]1O[C@H](CO[C@H]2O[C@H]([C@H](O)CO)[C@H](O)[C@H]2O)[C@@H](O)[C@H](O)[C@H]1O. The van der Waals surface area contributed by atoms with Crippen molar-refractivity contribution in [1.82, 2.24) is 0 Å². The molecule has 0 amide bonds. The van der Waals surface area contributed by atoms with Crippen molar-refractivity contribution in [3.8, 4) is 0 Å². The fourth-order valence-electron chi connectivity index (χ4n) is 2.70. The second-order valence-corrected chi connectivity index (χ2v) is 5.88. The van der Waals surface area contributed by atoms with Gasteiger partial charge in [-0.15, -0.1) is 0 Å². The number of rotatable bonds is 5. The first-order valence-electron chi connectivity index (χ1n) is 7.39. The molecule has 23 heavy (non-hydrogen) atoms. The van der Waals surface area contributed by atoms with Crippen LogP contribution in [-0.4, -0.2) is 110 Å². The fourth-order valence-corrected chi connectivity index (χ4v) is 2.70. The third-order valence-corrected chi connectivity index (χ3v) is 4.20. The lowest BCUT2D eigenvalue weighted by Crippen LogP contribution is -2.58. The first-order chi connectivity index (χ1) is 10.8. The molecule has 10 nitrogen and oxygen atoms in total. The molecule has 2 rings (SSSR count). The monoisotopic (exact) mass is 340 g/mol. The quantitative estimate of drug-likeness (QED) is 0.260. The van der Waals surface area contributed by atoms with E-state index < -0.39 is 67.8 Å². The van der Waals surface area contributed by atoms with Crippen molar-refractivity contribution in [3.05, 3.63) is 0 Å². The summed E-state index contributed by atoms with van der Waals surface area (Å²) in [5, 5.41) is 67.1. The van der Waals surface area contributed by atoms with E-state index in [1.165, 1.54) is 6.92 Å². The smallest absolute Gasteiger partial charge is 0.186 e. The van der Waals surface area contributed by atoms with Crippen LogP contribution < -0.4 is 0 Å². The number of aliphatic hydroxyl groups excluding tert-OH is 7. The molecule has 0 saturated carbocycles. The zero-order valence-corrected chi connectivity index (χ0v) is 12.5. The van der Waals surface area contributed by atoms with Crippen LogP contribution in [0.25, 0.3) is 0 Å². The molecule has 0 unspecified atom stereocenters. The van der Waals surface area contributed by atoms with Gasteiger partial charge in [-0.25, -0.2) is 0 Å². The number of ether oxygens (including phenoxy) is 3. The highest BCUT2D eigenvalue weighted by atomic mass is 16.7. The summed E-state index contributed by atoms with van der Waals surface area (Å²) in [6.45, 7) is 0.573. The van der Waals surface area contributed by atoms with Gasteiger partial charge in [-0.1, -0.05) is 0 Å². The van der Waals surface area contributed by atoms with Crippen LogP contribution in [0.15, 0.2) is 0 Å². The van der Waals surface area contributed by atoms with E-state index in [4.69, 9.17) is 19.3 Å². The predicted octanol–water partition coefficient (Wildman–Crippen LogP) is -4.33. The van der Waals surface area contributed by atoms with Crippen molar-refractivity contribution < 1.29 is 50.0 Å². The van der Waals surface area contributed by atoms with Gasteiger partial charge in [0.15, 0.2) is 6.29 Å². The molecule has 0 aromatic carbocycles. The van der Waals surface area contributed by atoms with Crippen molar-refractivity contribution in [3.63, 3.8) is 0 Å². The molecular weight excluding hydrogens is 316 g/mol. The highest BCUT2D eigenvalue weighted by Gasteiger charge is 2.48. The Morgan fingerprint density at radius 2 is 1.57 bits per heavy atom. The van der Waals surface area contributed by atoms with Gasteiger partial charge in [-0.3, -0.25) is 0 Å². The van der Waals surface area contributed by atoms with Crippen LogP contribution in [0.3, 0.4) is 0 Å². The second kappa shape index (κ2) is 7.66. The Kier molecular flexibility index (Phi) is 6.30. The van der Waals surface area contributed by atoms with Crippen LogP contribution in [0.1, 0.15) is 6.92 Å². The van der Waals surface area contributed by atoms with Crippen molar-refractivity contribution in [2.24, 2.45) is 0 Å². The second-order valence-electron chi connectivity index (χ2n) is 5.88. The highest BCUT2D eigenvalue weighted by molar-refractivity contribution is 4.93. The minimum atomic E-state index is -1.46. The van der Waals surface area contributed by atoms with Crippen molar-refractivity contribution in [1.29, 1.82) is 0 Å². The van der Waals surface area contributed by atoms with Crippen LogP contribution in [0.4, 0.5) is 0 Å². The average Bonchev–Trinajstić information content (AvgIpc) is 2.82. The third kappa shape index (κ3) is 3.82. The van der Waals surface area contributed by atoms with Gasteiger partial charge in [0, 0.05) is 0 Å². The molecule has 2 heterocycles. The molecule has 2 aliphatic heterocycles. The first kappa shape index (κ1) is 18.9. The van der Waals surface area contributed by atoms with E-state index in [1.54, 1.807) is 0 Å². The Bertz CT molecular complexity index is 382. The maximum absolute atomic E-state index is 9.85. The molecule has 10 heteroatoms. The molecule has 0 bridgehead atoms. The van der Waals surface area contributed by atoms with Crippen LogP contribution in [-0.2, 0) is 14.2 Å². The van der Waals surface area contributed by atoms with E-state index in [0.29, 0.717) is 0 Å². The maximum Gasteiger partial charge on any atom is 0.186 e. The van der Waals surface area contributed by atoms with Crippen LogP contribution in [0.5, 0.6) is 0 Å². The number of hydrogen-bond acceptors (Lipinski definition) is 10. The van der Waals surface area contributed by atoms with Crippen molar-refractivity contribution in [2.75, 3.05) is 13.2 Å². The van der Waals surface area contributed by atoms with Gasteiger partial charge in [0.1, 0.15) is 48.8 Å². The molecule has 2 aliphatic rings. The average molecular weight is 340 g/mol. The molecular formula is C13H24O10. The van der Waals surface area contributed by atoms with E-state index >= 15 is 0 Å². The molecule has 2 saturated heterocycles. The molecule has 2 fully saturated rings. The summed E-state index contributed by atoms with van der Waals surface area (Å²) in [7, 11) is 0. The summed E-state index contributed by atoms with van der Waals surface area (Å²) in [6.07, 6.45) is -12.6. The van der Waals surface area contributed by atoms with Gasteiger partial charge in [0.25, 0.3) is 0 Å². The van der Waals surface area contributed by atoms with Gasteiger partial charge in [0.05, 0.1) is 19.3 Å². The Labute approximate surface area is 132 Å². The Morgan fingerprint density at radius 3 is 2.17 bits per heavy atom. The van der Waals surface area contributed by atoms with Crippen LogP contribution >= 0.6 is 0 Å². The summed E-state index contributed by atoms with van der Waals surface area (Å²) in [5.74, 6) is 0. The van der Waals surface area contributed by atoms with Gasteiger partial charge in [0.2, 0.25) is 0 Å². The first-order valence-corrected chi connectivity index (χ1v) is 7.39. The molecule has 136 valence electrons. The van der Waals surface area contributed by atoms with Crippen molar-refractivity contribution in [2.45, 2.75) is 68.1 Å². The molecule has 10 atom stereocenters. The minimum absolute atomic E-state index is 0.286. The predicted molar refractivity (Wildman–Crippen MR) is 72.1 cm³/mol. The summed E-state index contributed by atoms with van der Waals surface area (Å²) < 4.78 is 15.7. The zero-order chi connectivity index (χ0) is 17.3. The maximum atomic E-state index is 9.85. The summed E-state index contributed by atoms with van der Waals surface area (Å²) in [6, 6.07) is 0. The van der Waals surface area contributed by atoms with Gasteiger partial charge in [-0.05, 0) is 6.92 Å². The van der Waals surface area contributed by atoms with Crippen LogP contribution in [0, 0.1) is 0 Å². The molecule has 0 spiro atoms. The van der Waals surface area contributed by atoms with E-state index in [0.717, 1.165) is 0 Å². The standard InChI is InChI=1S/C13H24O10/c1-4-7(16)9(18)8(17)6(22-4)3-21-13-11(20)10(19)12(23-13)5(15)2-14/h4-20H,2-3H2,1H3/t4-,5+,6+,7-,8+,9+,10+,11+,12+,13-/m0/s1. The van der Waals surface area contributed by atoms with E-state index in [-0.39, 0.29) is 6.61 Å². The Balaban J connectivity index is 1.90. The van der Waals surface area contributed by atoms with E-state index in [1.807, 2.05) is 0 Å². The number of aliphatic hydroxyl groups is 7. The highest BCUT2D eigenvalue weighted by Crippen LogP contribution is 2.26. The zero-order valence-electron chi connectivity index (χ0n) is 12.5. The molecule has 0 radical (unpaired) electrons. The molecule has 0 aliphatic carbocycles. The van der Waals surface area contributed by atoms with E-state index in [2.05, 4.69) is 0 Å². The lowest BCUT2D eigenvalue weighted by Gasteiger charge is -2.39. The normalized spacial score (nSPS) is 49.3. The molecule has 0 aromatic rings. The van der Waals surface area contributed by atoms with Gasteiger partial charge >= 0.3 is 0 Å². The summed E-state index contributed by atoms with van der Waals surface area (Å²) >= 11 is 0. The van der Waals surface area contributed by atoms with E-state index in [9.17, 15) is 30.6 Å². The largest absolute Gasteiger partial charge is 0.394 e. The van der Waals surface area contributed by atoms with Crippen molar-refractivity contribution >= 4 is 0 Å². The Hall–Kier alpha value is -0.400. The number of hydrogen-bond donors (Lipinski definition) is 7. The lowest BCUT2D eigenvalue weighted by molar-refractivity contribution is -0.250. The summed E-state index contributed by atoms with van der Waals surface area (Å²) in [5.41, 5.74) is 0. The van der Waals surface area contributed by atoms with Crippen LogP contribution in [0.2, 0.25) is 0 Å². The molecule has 0 aromatic heterocycles. The minimum Gasteiger partial charge on any atom is -0.394 e. The van der Waals surface area contributed by atoms with Gasteiger partial charge in [-0.2, -0.15) is 0 Å². The third-order valence-electron chi connectivity index (χ3n) is 4.20. The lowest BCUT2D eigenvalue weighted by atomic mass is 9.96. The summed E-state index contributed by atoms with van der Waals surface area (Å²) in [4.78, 5) is 0. The fraction of sp³-hybridized carbons (Fsp3) is 1.00. The topological polar surface area (TPSA) is 169 Å². The Morgan fingerprint density at radius 1 is 0.913 bits per heavy atom. The molecule has 7 N–H and O–H groups in total. The van der Waals surface area contributed by atoms with Gasteiger partial charge < -0.3 is 50.0 Å².